The Kier molecular flexibility index (Phi) is 3.89. The highest BCUT2D eigenvalue weighted by molar-refractivity contribution is 5.81. The van der Waals surface area contributed by atoms with Crippen LogP contribution in [-0.4, -0.2) is 55.0 Å². The Morgan fingerprint density at radius 3 is 2.79 bits per heavy atom. The molecule has 1 unspecified atom stereocenters. The van der Waals surface area contributed by atoms with Crippen molar-refractivity contribution in [3.8, 4) is 0 Å². The molecule has 1 aliphatic heterocycles. The van der Waals surface area contributed by atoms with E-state index in [0.29, 0.717) is 6.04 Å². The maximum Gasteiger partial charge on any atom is 0.239 e. The van der Waals surface area contributed by atoms with E-state index < -0.39 is 0 Å². The summed E-state index contributed by atoms with van der Waals surface area (Å²) in [5, 5.41) is 0. The first-order valence-corrected chi connectivity index (χ1v) is 5.23. The molecule has 4 nitrogen and oxygen atoms in total. The fourth-order valence-corrected chi connectivity index (χ4v) is 2.00. The normalized spacial score (nSPS) is 24.4. The quantitative estimate of drug-likeness (QED) is 0.690. The van der Waals surface area contributed by atoms with Crippen molar-refractivity contribution in [1.29, 1.82) is 0 Å². The minimum Gasteiger partial charge on any atom is -0.337 e. The van der Waals surface area contributed by atoms with E-state index >= 15 is 0 Å². The van der Waals surface area contributed by atoms with Crippen LogP contribution in [0.3, 0.4) is 0 Å². The lowest BCUT2D eigenvalue weighted by Gasteiger charge is -2.28. The Balaban J connectivity index is 2.55. The van der Waals surface area contributed by atoms with Gasteiger partial charge in [0.25, 0.3) is 0 Å². The van der Waals surface area contributed by atoms with Crippen molar-refractivity contribution in [2.45, 2.75) is 31.8 Å². The predicted octanol–water partition coefficient (Wildman–Crippen LogP) is -0.114. The minimum atomic E-state index is -0.363. The maximum absolute atomic E-state index is 11.7. The first-order chi connectivity index (χ1) is 6.52. The molecule has 1 heterocycles. The fourth-order valence-electron chi connectivity index (χ4n) is 2.00. The topological polar surface area (TPSA) is 49.6 Å². The lowest BCUT2D eigenvalue weighted by Crippen LogP contribution is -2.47. The Bertz CT molecular complexity index is 204. The maximum atomic E-state index is 11.7. The molecule has 1 aliphatic rings. The molecule has 4 heteroatoms. The predicted molar refractivity (Wildman–Crippen MR) is 56.9 cm³/mol. The molecule has 1 amide bonds. The van der Waals surface area contributed by atoms with Crippen LogP contribution in [0.5, 0.6) is 0 Å². The van der Waals surface area contributed by atoms with Crippen LogP contribution in [-0.2, 0) is 4.79 Å². The molecule has 0 spiro atoms. The summed E-state index contributed by atoms with van der Waals surface area (Å²) in [6.07, 6.45) is 2.22. The standard InChI is InChI=1S/C10H21N3O/c1-8(11)10(14)13-6-4-5-9(13)7-12(2)3/h8-9H,4-7,11H2,1-3H3/t8-,9?/m0/s1. The number of hydrogen-bond donors (Lipinski definition) is 1. The second-order valence-electron chi connectivity index (χ2n) is 4.38. The number of likely N-dealkylation sites (N-methyl/N-ethyl adjacent to an activating group) is 1. The van der Waals surface area contributed by atoms with E-state index in [2.05, 4.69) is 4.90 Å². The summed E-state index contributed by atoms with van der Waals surface area (Å²) in [5.74, 6) is 0.0920. The van der Waals surface area contributed by atoms with Gasteiger partial charge < -0.3 is 15.5 Å². The van der Waals surface area contributed by atoms with Crippen molar-refractivity contribution in [3.05, 3.63) is 0 Å². The van der Waals surface area contributed by atoms with Gasteiger partial charge in [0.15, 0.2) is 0 Å². The van der Waals surface area contributed by atoms with Crippen LogP contribution in [0.4, 0.5) is 0 Å². The number of nitrogens with zero attached hydrogens (tertiary/aromatic N) is 2. The average Bonchev–Trinajstić information content (AvgIpc) is 2.49. The second kappa shape index (κ2) is 4.75. The van der Waals surface area contributed by atoms with Crippen molar-refractivity contribution in [3.63, 3.8) is 0 Å². The molecule has 0 aromatic rings. The van der Waals surface area contributed by atoms with E-state index in [1.807, 2.05) is 19.0 Å². The van der Waals surface area contributed by atoms with Crippen molar-refractivity contribution in [1.82, 2.24) is 9.80 Å². The average molecular weight is 199 g/mol. The van der Waals surface area contributed by atoms with Crippen molar-refractivity contribution >= 4 is 5.91 Å². The van der Waals surface area contributed by atoms with Gasteiger partial charge in [-0.25, -0.2) is 0 Å². The van der Waals surface area contributed by atoms with E-state index in [4.69, 9.17) is 5.73 Å². The third-order valence-corrected chi connectivity index (χ3v) is 2.63. The Morgan fingerprint density at radius 2 is 2.29 bits per heavy atom. The van der Waals surface area contributed by atoms with Crippen molar-refractivity contribution < 1.29 is 4.79 Å². The van der Waals surface area contributed by atoms with Crippen LogP contribution in [0.25, 0.3) is 0 Å². The van der Waals surface area contributed by atoms with Gasteiger partial charge in [-0.2, -0.15) is 0 Å². The molecule has 2 N–H and O–H groups in total. The van der Waals surface area contributed by atoms with Gasteiger partial charge in [-0.1, -0.05) is 0 Å². The first-order valence-electron chi connectivity index (χ1n) is 5.23. The van der Waals surface area contributed by atoms with Crippen LogP contribution in [0.1, 0.15) is 19.8 Å². The third-order valence-electron chi connectivity index (χ3n) is 2.63. The van der Waals surface area contributed by atoms with Gasteiger partial charge in [-0.15, -0.1) is 0 Å². The highest BCUT2D eigenvalue weighted by atomic mass is 16.2. The summed E-state index contributed by atoms with van der Waals surface area (Å²) in [7, 11) is 4.07. The molecule has 82 valence electrons. The number of carbonyl (C=O) groups excluding carboxylic acids is 1. The largest absolute Gasteiger partial charge is 0.337 e. The van der Waals surface area contributed by atoms with Crippen LogP contribution in [0.2, 0.25) is 0 Å². The molecule has 0 saturated carbocycles. The zero-order valence-corrected chi connectivity index (χ0v) is 9.36. The molecule has 0 aromatic heterocycles. The number of likely N-dealkylation sites (tertiary alicyclic amines) is 1. The molecular weight excluding hydrogens is 178 g/mol. The van der Waals surface area contributed by atoms with E-state index in [-0.39, 0.29) is 11.9 Å². The Labute approximate surface area is 86.0 Å². The van der Waals surface area contributed by atoms with Gasteiger partial charge >= 0.3 is 0 Å². The van der Waals surface area contributed by atoms with Crippen molar-refractivity contribution in [2.75, 3.05) is 27.2 Å². The van der Waals surface area contributed by atoms with Gasteiger partial charge in [-0.05, 0) is 33.9 Å². The molecule has 2 atom stereocenters. The van der Waals surface area contributed by atoms with Crippen LogP contribution < -0.4 is 5.73 Å². The lowest BCUT2D eigenvalue weighted by atomic mass is 10.2. The highest BCUT2D eigenvalue weighted by Gasteiger charge is 2.30. The molecule has 1 rings (SSSR count). The fraction of sp³-hybridized carbons (Fsp3) is 0.900. The highest BCUT2D eigenvalue weighted by Crippen LogP contribution is 2.18. The van der Waals surface area contributed by atoms with Gasteiger partial charge in [0.05, 0.1) is 6.04 Å². The van der Waals surface area contributed by atoms with Gasteiger partial charge in [0.2, 0.25) is 5.91 Å². The molecule has 0 radical (unpaired) electrons. The van der Waals surface area contributed by atoms with E-state index in [9.17, 15) is 4.79 Å². The first kappa shape index (κ1) is 11.5. The van der Waals surface area contributed by atoms with E-state index in [1.54, 1.807) is 6.92 Å². The number of carbonyl (C=O) groups is 1. The molecule has 1 saturated heterocycles. The van der Waals surface area contributed by atoms with Gasteiger partial charge in [-0.3, -0.25) is 4.79 Å². The number of rotatable bonds is 3. The zero-order valence-electron chi connectivity index (χ0n) is 9.36. The summed E-state index contributed by atoms with van der Waals surface area (Å²) in [6.45, 7) is 3.57. The number of hydrogen-bond acceptors (Lipinski definition) is 3. The summed E-state index contributed by atoms with van der Waals surface area (Å²) in [6, 6.07) is 0.00117. The van der Waals surface area contributed by atoms with E-state index in [1.165, 1.54) is 0 Å². The van der Waals surface area contributed by atoms with Gasteiger partial charge in [0, 0.05) is 19.1 Å². The summed E-state index contributed by atoms with van der Waals surface area (Å²) in [4.78, 5) is 15.8. The summed E-state index contributed by atoms with van der Waals surface area (Å²) in [5.41, 5.74) is 5.60. The molecule has 1 fully saturated rings. The monoisotopic (exact) mass is 199 g/mol. The number of nitrogens with two attached hydrogens (primary N) is 1. The third kappa shape index (κ3) is 2.69. The number of amides is 1. The van der Waals surface area contributed by atoms with Gasteiger partial charge in [0.1, 0.15) is 0 Å². The Morgan fingerprint density at radius 1 is 1.64 bits per heavy atom. The zero-order chi connectivity index (χ0) is 10.7. The molecule has 14 heavy (non-hydrogen) atoms. The smallest absolute Gasteiger partial charge is 0.239 e. The molecular formula is C10H21N3O. The molecule has 0 aromatic carbocycles. The van der Waals surface area contributed by atoms with Crippen LogP contribution in [0.15, 0.2) is 0 Å². The lowest BCUT2D eigenvalue weighted by molar-refractivity contribution is -0.133. The molecule has 0 aliphatic carbocycles. The summed E-state index contributed by atoms with van der Waals surface area (Å²) < 4.78 is 0. The SMILES string of the molecule is C[C@H](N)C(=O)N1CCCC1CN(C)C. The second-order valence-corrected chi connectivity index (χ2v) is 4.38. The van der Waals surface area contributed by atoms with Crippen LogP contribution >= 0.6 is 0 Å². The molecule has 0 bridgehead atoms. The summed E-state index contributed by atoms with van der Waals surface area (Å²) >= 11 is 0. The minimum absolute atomic E-state index is 0.0920. The van der Waals surface area contributed by atoms with Crippen molar-refractivity contribution in [2.24, 2.45) is 5.73 Å². The Hall–Kier alpha value is -0.610. The van der Waals surface area contributed by atoms with E-state index in [0.717, 1.165) is 25.9 Å². The van der Waals surface area contributed by atoms with Crippen LogP contribution in [0, 0.1) is 0 Å².